The van der Waals surface area contributed by atoms with Gasteiger partial charge in [0.2, 0.25) is 0 Å². The molecule has 0 radical (unpaired) electrons. The van der Waals surface area contributed by atoms with Gasteiger partial charge in [0.05, 0.1) is 11.4 Å². The number of aryl methyl sites for hydroxylation is 2. The van der Waals surface area contributed by atoms with E-state index in [1.54, 1.807) is 0 Å². The van der Waals surface area contributed by atoms with Crippen LogP contribution in [-0.2, 0) is 0 Å². The van der Waals surface area contributed by atoms with E-state index in [1.807, 2.05) is 48.9 Å². The van der Waals surface area contributed by atoms with E-state index >= 15 is 0 Å². The van der Waals surface area contributed by atoms with E-state index in [1.165, 1.54) is 0 Å². The van der Waals surface area contributed by atoms with Crippen LogP contribution < -0.4 is 10.5 Å². The van der Waals surface area contributed by atoms with Crippen LogP contribution in [0.2, 0.25) is 0 Å². The highest BCUT2D eigenvalue weighted by Crippen LogP contribution is 2.18. The van der Waals surface area contributed by atoms with Gasteiger partial charge in [-0.1, -0.05) is 6.07 Å². The Morgan fingerprint density at radius 3 is 2.76 bits per heavy atom. The van der Waals surface area contributed by atoms with Gasteiger partial charge in [-0.2, -0.15) is 5.10 Å². The topological polar surface area (TPSA) is 53.1 Å². The molecular weight excluding hydrogens is 214 g/mol. The van der Waals surface area contributed by atoms with Crippen LogP contribution in [0.15, 0.2) is 30.3 Å². The lowest BCUT2D eigenvalue weighted by atomic mass is 10.3. The molecule has 0 aliphatic rings. The first-order chi connectivity index (χ1) is 8.20. The highest BCUT2D eigenvalue weighted by molar-refractivity contribution is 5.40. The molecule has 17 heavy (non-hydrogen) atoms. The fourth-order valence-electron chi connectivity index (χ4n) is 1.77. The minimum Gasteiger partial charge on any atom is -0.492 e. The maximum atomic E-state index is 5.50. The third-order valence-corrected chi connectivity index (χ3v) is 2.46. The van der Waals surface area contributed by atoms with Gasteiger partial charge in [-0.15, -0.1) is 0 Å². The molecule has 0 amide bonds. The summed E-state index contributed by atoms with van der Waals surface area (Å²) in [5, 5.41) is 4.44. The van der Waals surface area contributed by atoms with Crippen molar-refractivity contribution in [3.63, 3.8) is 0 Å². The van der Waals surface area contributed by atoms with Crippen molar-refractivity contribution in [1.82, 2.24) is 9.78 Å². The molecule has 0 aliphatic carbocycles. The van der Waals surface area contributed by atoms with E-state index in [-0.39, 0.29) is 0 Å². The Hall–Kier alpha value is -1.81. The van der Waals surface area contributed by atoms with Crippen LogP contribution in [0.5, 0.6) is 5.75 Å². The number of aromatic nitrogens is 2. The highest BCUT2D eigenvalue weighted by atomic mass is 16.5. The zero-order valence-electron chi connectivity index (χ0n) is 10.2. The van der Waals surface area contributed by atoms with Gasteiger partial charge >= 0.3 is 0 Å². The third-order valence-electron chi connectivity index (χ3n) is 2.46. The number of nitrogens with two attached hydrogens (primary N) is 1. The Bertz CT molecular complexity index is 505. The first-order valence-corrected chi connectivity index (χ1v) is 5.67. The molecule has 0 bridgehead atoms. The molecule has 0 fully saturated rings. The zero-order chi connectivity index (χ0) is 12.3. The van der Waals surface area contributed by atoms with Crippen molar-refractivity contribution in [3.8, 4) is 11.4 Å². The predicted molar refractivity (Wildman–Crippen MR) is 67.6 cm³/mol. The molecule has 0 unspecified atom stereocenters. The summed E-state index contributed by atoms with van der Waals surface area (Å²) >= 11 is 0. The van der Waals surface area contributed by atoms with Crippen molar-refractivity contribution >= 4 is 0 Å². The van der Waals surface area contributed by atoms with Gasteiger partial charge in [-0.05, 0) is 32.0 Å². The predicted octanol–water partition coefficient (Wildman–Crippen LogP) is 1.83. The van der Waals surface area contributed by atoms with Crippen molar-refractivity contribution in [2.75, 3.05) is 13.2 Å². The molecule has 2 aromatic rings. The second-order valence-electron chi connectivity index (χ2n) is 3.97. The Balaban J connectivity index is 2.29. The largest absolute Gasteiger partial charge is 0.492 e. The maximum Gasteiger partial charge on any atom is 0.121 e. The van der Waals surface area contributed by atoms with Crippen LogP contribution in [0.25, 0.3) is 5.69 Å². The third kappa shape index (κ3) is 2.65. The number of ether oxygens (including phenoxy) is 1. The van der Waals surface area contributed by atoms with E-state index in [4.69, 9.17) is 10.5 Å². The summed E-state index contributed by atoms with van der Waals surface area (Å²) in [5.41, 5.74) is 8.53. The van der Waals surface area contributed by atoms with Crippen molar-refractivity contribution in [2.24, 2.45) is 5.73 Å². The van der Waals surface area contributed by atoms with Crippen LogP contribution in [-0.4, -0.2) is 22.9 Å². The lowest BCUT2D eigenvalue weighted by Crippen LogP contribution is -2.10. The van der Waals surface area contributed by atoms with E-state index in [0.29, 0.717) is 13.2 Å². The summed E-state index contributed by atoms with van der Waals surface area (Å²) in [6.07, 6.45) is 0. The van der Waals surface area contributed by atoms with Crippen molar-refractivity contribution in [1.29, 1.82) is 0 Å². The molecule has 90 valence electrons. The zero-order valence-corrected chi connectivity index (χ0v) is 10.2. The molecule has 1 aromatic heterocycles. The molecule has 2 N–H and O–H groups in total. The smallest absolute Gasteiger partial charge is 0.121 e. The fourth-order valence-corrected chi connectivity index (χ4v) is 1.77. The standard InChI is InChI=1S/C13H17N3O/c1-10-8-11(2)16(15-10)12-4-3-5-13(9-12)17-7-6-14/h3-5,8-9H,6-7,14H2,1-2H3. The molecule has 0 saturated carbocycles. The second-order valence-corrected chi connectivity index (χ2v) is 3.97. The van der Waals surface area contributed by atoms with Crippen molar-refractivity contribution in [3.05, 3.63) is 41.7 Å². The molecule has 0 spiro atoms. The lowest BCUT2D eigenvalue weighted by molar-refractivity contribution is 0.328. The minimum atomic E-state index is 0.518. The van der Waals surface area contributed by atoms with E-state index in [0.717, 1.165) is 22.8 Å². The van der Waals surface area contributed by atoms with E-state index < -0.39 is 0 Å². The Morgan fingerprint density at radius 2 is 2.12 bits per heavy atom. The molecule has 0 saturated heterocycles. The van der Waals surface area contributed by atoms with Crippen LogP contribution in [0, 0.1) is 13.8 Å². The molecular formula is C13H17N3O. The number of nitrogens with zero attached hydrogens (tertiary/aromatic N) is 2. The van der Waals surface area contributed by atoms with Gasteiger partial charge in [0.25, 0.3) is 0 Å². The quantitative estimate of drug-likeness (QED) is 0.873. The summed E-state index contributed by atoms with van der Waals surface area (Å²) in [7, 11) is 0. The van der Waals surface area contributed by atoms with Gasteiger partial charge in [0, 0.05) is 18.3 Å². The van der Waals surface area contributed by atoms with Crippen LogP contribution >= 0.6 is 0 Å². The van der Waals surface area contributed by atoms with Gasteiger partial charge < -0.3 is 10.5 Å². The van der Waals surface area contributed by atoms with Crippen molar-refractivity contribution < 1.29 is 4.74 Å². The monoisotopic (exact) mass is 231 g/mol. The first-order valence-electron chi connectivity index (χ1n) is 5.67. The minimum absolute atomic E-state index is 0.518. The van der Waals surface area contributed by atoms with Gasteiger partial charge in [-0.25, -0.2) is 4.68 Å². The summed E-state index contributed by atoms with van der Waals surface area (Å²) in [4.78, 5) is 0. The van der Waals surface area contributed by atoms with Crippen LogP contribution in [0.1, 0.15) is 11.4 Å². The number of rotatable bonds is 4. The fraction of sp³-hybridized carbons (Fsp3) is 0.308. The molecule has 4 heteroatoms. The highest BCUT2D eigenvalue weighted by Gasteiger charge is 2.04. The Kier molecular flexibility index (Phi) is 3.44. The van der Waals surface area contributed by atoms with Crippen LogP contribution in [0.4, 0.5) is 0 Å². The average molecular weight is 231 g/mol. The molecule has 1 aromatic carbocycles. The normalized spacial score (nSPS) is 10.5. The summed E-state index contributed by atoms with van der Waals surface area (Å²) in [6.45, 7) is 5.07. The lowest BCUT2D eigenvalue weighted by Gasteiger charge is -2.08. The molecule has 0 atom stereocenters. The van der Waals surface area contributed by atoms with Gasteiger partial charge in [0.1, 0.15) is 12.4 Å². The molecule has 4 nitrogen and oxygen atoms in total. The summed E-state index contributed by atoms with van der Waals surface area (Å²) in [6, 6.07) is 9.90. The Labute approximate surface area is 101 Å². The molecule has 1 heterocycles. The average Bonchev–Trinajstić information content (AvgIpc) is 2.66. The van der Waals surface area contributed by atoms with E-state index in [9.17, 15) is 0 Å². The Morgan fingerprint density at radius 1 is 1.29 bits per heavy atom. The van der Waals surface area contributed by atoms with Gasteiger partial charge in [0.15, 0.2) is 0 Å². The van der Waals surface area contributed by atoms with Crippen molar-refractivity contribution in [2.45, 2.75) is 13.8 Å². The SMILES string of the molecule is Cc1cc(C)n(-c2cccc(OCCN)c2)n1. The maximum absolute atomic E-state index is 5.50. The number of benzene rings is 1. The van der Waals surface area contributed by atoms with Crippen LogP contribution in [0.3, 0.4) is 0 Å². The molecule has 0 aliphatic heterocycles. The number of hydrogen-bond acceptors (Lipinski definition) is 3. The summed E-state index contributed by atoms with van der Waals surface area (Å²) < 4.78 is 7.41. The van der Waals surface area contributed by atoms with E-state index in [2.05, 4.69) is 5.10 Å². The molecule has 2 rings (SSSR count). The second kappa shape index (κ2) is 5.01. The summed E-state index contributed by atoms with van der Waals surface area (Å²) in [5.74, 6) is 0.820. The first kappa shape index (κ1) is 11.7. The van der Waals surface area contributed by atoms with Gasteiger partial charge in [-0.3, -0.25) is 0 Å². The number of hydrogen-bond donors (Lipinski definition) is 1.